The summed E-state index contributed by atoms with van der Waals surface area (Å²) >= 11 is 0. The van der Waals surface area contributed by atoms with E-state index >= 15 is 0 Å². The molecule has 2 aromatic heterocycles. The minimum Gasteiger partial charge on any atom is -0.508 e. The van der Waals surface area contributed by atoms with Gasteiger partial charge in [-0.25, -0.2) is 0 Å². The monoisotopic (exact) mass is 478 g/mol. The van der Waals surface area contributed by atoms with Gasteiger partial charge in [0.05, 0.1) is 11.4 Å². The van der Waals surface area contributed by atoms with Crippen molar-refractivity contribution in [2.45, 2.75) is 19.6 Å². The molecule has 2 N–H and O–H groups in total. The van der Waals surface area contributed by atoms with Gasteiger partial charge in [-0.05, 0) is 54.6 Å². The van der Waals surface area contributed by atoms with Crippen molar-refractivity contribution in [3.63, 3.8) is 0 Å². The summed E-state index contributed by atoms with van der Waals surface area (Å²) < 4.78 is 5.62. The predicted octanol–water partition coefficient (Wildman–Crippen LogP) is 4.40. The van der Waals surface area contributed by atoms with Crippen molar-refractivity contribution >= 4 is 0 Å². The van der Waals surface area contributed by atoms with Gasteiger partial charge in [0, 0.05) is 56.2 Å². The molecule has 0 amide bonds. The highest BCUT2D eigenvalue weighted by Gasteiger charge is 2.09. The van der Waals surface area contributed by atoms with E-state index in [9.17, 15) is 5.11 Å². The number of phenolic OH excluding ortho intramolecular Hbond substituents is 1. The van der Waals surface area contributed by atoms with Crippen molar-refractivity contribution in [2.75, 3.05) is 19.7 Å². The standard InChI is InChI=1S/C30H30N4O2/c35-30-15-14-25(9-8-20-36-29-12-2-1-3-13-29)21-26(30)22-31-18-19-34(23-27-10-4-6-16-32-27)24-28-11-5-7-17-33-28/h1-7,10-17,21,31,35H,18-20,22-24H2. The molecule has 0 radical (unpaired) electrons. The summed E-state index contributed by atoms with van der Waals surface area (Å²) in [6.07, 6.45) is 3.64. The zero-order chi connectivity index (χ0) is 24.8. The highest BCUT2D eigenvalue weighted by Crippen LogP contribution is 2.18. The second-order valence-electron chi connectivity index (χ2n) is 8.28. The van der Waals surface area contributed by atoms with E-state index in [0.29, 0.717) is 13.2 Å². The highest BCUT2D eigenvalue weighted by atomic mass is 16.5. The van der Waals surface area contributed by atoms with Crippen LogP contribution in [0.4, 0.5) is 0 Å². The topological polar surface area (TPSA) is 70.5 Å². The van der Waals surface area contributed by atoms with Crippen molar-refractivity contribution in [2.24, 2.45) is 0 Å². The Hall–Kier alpha value is -4.18. The van der Waals surface area contributed by atoms with Gasteiger partial charge in [-0.3, -0.25) is 14.9 Å². The Labute approximate surface area is 212 Å². The molecule has 6 heteroatoms. The molecule has 2 heterocycles. The van der Waals surface area contributed by atoms with E-state index in [4.69, 9.17) is 4.74 Å². The molecule has 0 unspecified atom stereocenters. The van der Waals surface area contributed by atoms with Crippen molar-refractivity contribution in [3.05, 3.63) is 120 Å². The first-order valence-corrected chi connectivity index (χ1v) is 12.0. The van der Waals surface area contributed by atoms with Gasteiger partial charge < -0.3 is 15.2 Å². The third-order valence-electron chi connectivity index (χ3n) is 5.51. The third-order valence-corrected chi connectivity index (χ3v) is 5.51. The SMILES string of the molecule is Oc1ccc(C#CCOc2ccccc2)cc1CNCCN(Cc1ccccn1)Cc1ccccn1. The summed E-state index contributed by atoms with van der Waals surface area (Å²) in [5, 5.41) is 13.8. The lowest BCUT2D eigenvalue weighted by molar-refractivity contribution is 0.250. The fourth-order valence-electron chi connectivity index (χ4n) is 3.69. The molecule has 6 nitrogen and oxygen atoms in total. The Bertz CT molecular complexity index is 1210. The van der Waals surface area contributed by atoms with Crippen molar-refractivity contribution in [1.29, 1.82) is 0 Å². The maximum Gasteiger partial charge on any atom is 0.149 e. The fraction of sp³-hybridized carbons (Fsp3) is 0.200. The van der Waals surface area contributed by atoms with Gasteiger partial charge in [-0.1, -0.05) is 42.2 Å². The van der Waals surface area contributed by atoms with Crippen LogP contribution in [0, 0.1) is 11.8 Å². The van der Waals surface area contributed by atoms with E-state index in [1.54, 1.807) is 6.07 Å². The average molecular weight is 479 g/mol. The Morgan fingerprint density at radius 3 is 2.19 bits per heavy atom. The maximum absolute atomic E-state index is 10.3. The smallest absolute Gasteiger partial charge is 0.149 e. The van der Waals surface area contributed by atoms with Crippen LogP contribution in [-0.2, 0) is 19.6 Å². The molecule has 4 rings (SSSR count). The maximum atomic E-state index is 10.3. The number of ether oxygens (including phenoxy) is 1. The number of para-hydroxylation sites is 1. The van der Waals surface area contributed by atoms with Gasteiger partial charge in [0.1, 0.15) is 18.1 Å². The zero-order valence-corrected chi connectivity index (χ0v) is 20.2. The molecular weight excluding hydrogens is 448 g/mol. The normalized spacial score (nSPS) is 10.6. The quantitative estimate of drug-likeness (QED) is 0.246. The van der Waals surface area contributed by atoms with Gasteiger partial charge in [-0.15, -0.1) is 0 Å². The van der Waals surface area contributed by atoms with Crippen LogP contribution in [0.3, 0.4) is 0 Å². The number of rotatable bonds is 11. The van der Waals surface area contributed by atoms with E-state index in [-0.39, 0.29) is 5.75 Å². The van der Waals surface area contributed by atoms with Crippen molar-refractivity contribution in [1.82, 2.24) is 20.2 Å². The van der Waals surface area contributed by atoms with Crippen LogP contribution in [0.1, 0.15) is 22.5 Å². The molecule has 182 valence electrons. The number of nitrogens with one attached hydrogen (secondary N) is 1. The first-order valence-electron chi connectivity index (χ1n) is 12.0. The summed E-state index contributed by atoms with van der Waals surface area (Å²) in [4.78, 5) is 11.2. The molecular formula is C30H30N4O2. The Morgan fingerprint density at radius 2 is 1.53 bits per heavy atom. The van der Waals surface area contributed by atoms with Crippen LogP contribution in [0.2, 0.25) is 0 Å². The predicted molar refractivity (Wildman–Crippen MR) is 141 cm³/mol. The second-order valence-corrected chi connectivity index (χ2v) is 8.28. The van der Waals surface area contributed by atoms with E-state index < -0.39 is 0 Å². The molecule has 36 heavy (non-hydrogen) atoms. The Balaban J connectivity index is 1.29. The summed E-state index contributed by atoms with van der Waals surface area (Å²) in [6, 6.07) is 27.0. The minimum absolute atomic E-state index is 0.257. The van der Waals surface area contributed by atoms with E-state index in [2.05, 4.69) is 32.0 Å². The molecule has 2 aromatic carbocycles. The first-order chi connectivity index (χ1) is 17.8. The summed E-state index contributed by atoms with van der Waals surface area (Å²) in [5.74, 6) is 7.19. The van der Waals surface area contributed by atoms with Gasteiger partial charge >= 0.3 is 0 Å². The molecule has 0 atom stereocenters. The fourth-order valence-corrected chi connectivity index (χ4v) is 3.69. The number of hydrogen-bond donors (Lipinski definition) is 2. The lowest BCUT2D eigenvalue weighted by Crippen LogP contribution is -2.32. The number of pyridine rings is 2. The number of hydrogen-bond acceptors (Lipinski definition) is 6. The molecule has 0 fully saturated rings. The van der Waals surface area contributed by atoms with E-state index in [1.165, 1.54) is 0 Å². The van der Waals surface area contributed by atoms with Crippen molar-refractivity contribution in [3.8, 4) is 23.3 Å². The minimum atomic E-state index is 0.257. The molecule has 0 saturated heterocycles. The van der Waals surface area contributed by atoms with Crippen LogP contribution >= 0.6 is 0 Å². The van der Waals surface area contributed by atoms with Gasteiger partial charge in [0.25, 0.3) is 0 Å². The molecule has 0 bridgehead atoms. The molecule has 0 aliphatic rings. The number of benzene rings is 2. The van der Waals surface area contributed by atoms with Crippen LogP contribution in [0.15, 0.2) is 97.3 Å². The van der Waals surface area contributed by atoms with Gasteiger partial charge in [0.2, 0.25) is 0 Å². The Morgan fingerprint density at radius 1 is 0.833 bits per heavy atom. The van der Waals surface area contributed by atoms with Crippen molar-refractivity contribution < 1.29 is 9.84 Å². The number of aromatic nitrogens is 2. The molecule has 4 aromatic rings. The van der Waals surface area contributed by atoms with Gasteiger partial charge in [-0.2, -0.15) is 0 Å². The zero-order valence-electron chi connectivity index (χ0n) is 20.2. The summed E-state index contributed by atoms with van der Waals surface area (Å²) in [5.41, 5.74) is 3.70. The Kier molecular flexibility index (Phi) is 9.45. The number of nitrogens with zero attached hydrogens (tertiary/aromatic N) is 3. The lowest BCUT2D eigenvalue weighted by Gasteiger charge is -2.22. The number of phenols is 1. The van der Waals surface area contributed by atoms with Crippen LogP contribution in [-0.4, -0.2) is 39.7 Å². The molecule has 0 spiro atoms. The first kappa shape index (κ1) is 24.9. The lowest BCUT2D eigenvalue weighted by atomic mass is 10.1. The third kappa shape index (κ3) is 8.24. The van der Waals surface area contributed by atoms with E-state index in [1.807, 2.05) is 91.3 Å². The highest BCUT2D eigenvalue weighted by molar-refractivity contribution is 5.43. The van der Waals surface area contributed by atoms with Crippen LogP contribution < -0.4 is 10.1 Å². The molecule has 0 saturated carbocycles. The largest absolute Gasteiger partial charge is 0.508 e. The van der Waals surface area contributed by atoms with E-state index in [0.717, 1.165) is 54.4 Å². The summed E-state index contributed by atoms with van der Waals surface area (Å²) in [6.45, 7) is 3.88. The molecule has 0 aliphatic carbocycles. The average Bonchev–Trinajstić information content (AvgIpc) is 2.92. The van der Waals surface area contributed by atoms with Crippen LogP contribution in [0.25, 0.3) is 0 Å². The summed E-state index contributed by atoms with van der Waals surface area (Å²) in [7, 11) is 0. The van der Waals surface area contributed by atoms with Crippen LogP contribution in [0.5, 0.6) is 11.5 Å². The second kappa shape index (κ2) is 13.6. The number of aromatic hydroxyl groups is 1. The van der Waals surface area contributed by atoms with Gasteiger partial charge in [0.15, 0.2) is 0 Å². The molecule has 0 aliphatic heterocycles.